The fourth-order valence-corrected chi connectivity index (χ4v) is 3.87. The van der Waals surface area contributed by atoms with Crippen molar-refractivity contribution in [3.05, 3.63) is 65.7 Å². The number of sulfonamides is 1. The number of imide groups is 1. The van der Waals surface area contributed by atoms with Crippen molar-refractivity contribution in [1.29, 1.82) is 0 Å². The SMILES string of the molecule is O=C(CCN1C(=O)c2ccccc2C1=O)NCCNS(=O)(=O)c1ccccc1. The fourth-order valence-electron chi connectivity index (χ4n) is 2.81. The van der Waals surface area contributed by atoms with Crippen LogP contribution in [0.5, 0.6) is 0 Å². The van der Waals surface area contributed by atoms with E-state index >= 15 is 0 Å². The van der Waals surface area contributed by atoms with Gasteiger partial charge in [-0.05, 0) is 24.3 Å². The molecule has 0 saturated carbocycles. The molecule has 1 aliphatic rings. The molecule has 0 atom stereocenters. The van der Waals surface area contributed by atoms with Crippen LogP contribution in [0.2, 0.25) is 0 Å². The van der Waals surface area contributed by atoms with Crippen molar-refractivity contribution in [2.24, 2.45) is 0 Å². The van der Waals surface area contributed by atoms with Gasteiger partial charge in [-0.25, -0.2) is 13.1 Å². The van der Waals surface area contributed by atoms with E-state index in [0.717, 1.165) is 4.90 Å². The minimum atomic E-state index is -3.63. The van der Waals surface area contributed by atoms with Crippen LogP contribution in [-0.4, -0.2) is 50.7 Å². The van der Waals surface area contributed by atoms with Crippen LogP contribution in [0.15, 0.2) is 59.5 Å². The summed E-state index contributed by atoms with van der Waals surface area (Å²) in [5, 5.41) is 2.57. The van der Waals surface area contributed by atoms with Gasteiger partial charge in [0.15, 0.2) is 0 Å². The van der Waals surface area contributed by atoms with E-state index in [1.165, 1.54) is 12.1 Å². The lowest BCUT2D eigenvalue weighted by Gasteiger charge is -2.13. The zero-order chi connectivity index (χ0) is 20.1. The molecule has 0 aromatic heterocycles. The molecule has 0 bridgehead atoms. The molecule has 2 aromatic carbocycles. The predicted molar refractivity (Wildman–Crippen MR) is 101 cm³/mol. The highest BCUT2D eigenvalue weighted by Gasteiger charge is 2.34. The average molecular weight is 401 g/mol. The summed E-state index contributed by atoms with van der Waals surface area (Å²) in [6.07, 6.45) is -0.0586. The number of nitrogens with zero attached hydrogens (tertiary/aromatic N) is 1. The quantitative estimate of drug-likeness (QED) is 0.501. The number of hydrogen-bond acceptors (Lipinski definition) is 5. The maximum absolute atomic E-state index is 12.2. The van der Waals surface area contributed by atoms with Crippen molar-refractivity contribution < 1.29 is 22.8 Å². The zero-order valence-corrected chi connectivity index (χ0v) is 15.7. The van der Waals surface area contributed by atoms with Crippen LogP contribution in [0.3, 0.4) is 0 Å². The van der Waals surface area contributed by atoms with Crippen molar-refractivity contribution in [1.82, 2.24) is 14.9 Å². The number of carbonyl (C=O) groups is 3. The molecule has 3 rings (SSSR count). The number of benzene rings is 2. The molecule has 28 heavy (non-hydrogen) atoms. The van der Waals surface area contributed by atoms with Gasteiger partial charge in [0.1, 0.15) is 0 Å². The maximum atomic E-state index is 12.2. The molecule has 0 unspecified atom stereocenters. The van der Waals surface area contributed by atoms with E-state index in [9.17, 15) is 22.8 Å². The van der Waals surface area contributed by atoms with Crippen LogP contribution in [0.25, 0.3) is 0 Å². The van der Waals surface area contributed by atoms with Crippen LogP contribution in [-0.2, 0) is 14.8 Å². The summed E-state index contributed by atoms with van der Waals surface area (Å²) in [6, 6.07) is 14.4. The minimum absolute atomic E-state index is 0.0238. The van der Waals surface area contributed by atoms with Crippen molar-refractivity contribution >= 4 is 27.7 Å². The Morgan fingerprint density at radius 3 is 2.04 bits per heavy atom. The highest BCUT2D eigenvalue weighted by Crippen LogP contribution is 2.22. The van der Waals surface area contributed by atoms with Crippen molar-refractivity contribution in [2.75, 3.05) is 19.6 Å². The Morgan fingerprint density at radius 2 is 1.43 bits per heavy atom. The molecule has 1 heterocycles. The second kappa shape index (κ2) is 8.32. The third-order valence-corrected chi connectivity index (χ3v) is 5.71. The Labute approximate surface area is 162 Å². The monoisotopic (exact) mass is 401 g/mol. The van der Waals surface area contributed by atoms with Gasteiger partial charge in [0.05, 0.1) is 16.0 Å². The number of rotatable bonds is 8. The number of amides is 3. The molecular weight excluding hydrogens is 382 g/mol. The smallest absolute Gasteiger partial charge is 0.261 e. The van der Waals surface area contributed by atoms with Crippen LogP contribution in [0, 0.1) is 0 Å². The van der Waals surface area contributed by atoms with Crippen LogP contribution < -0.4 is 10.0 Å². The molecule has 2 aromatic rings. The molecule has 0 fully saturated rings. The summed E-state index contributed by atoms with van der Waals surface area (Å²) in [5.41, 5.74) is 0.673. The van der Waals surface area contributed by atoms with E-state index in [4.69, 9.17) is 0 Å². The Hall–Kier alpha value is -3.04. The van der Waals surface area contributed by atoms with Gasteiger partial charge in [-0.3, -0.25) is 19.3 Å². The first-order valence-corrected chi connectivity index (χ1v) is 10.1. The molecule has 8 nitrogen and oxygen atoms in total. The Balaban J connectivity index is 1.42. The van der Waals surface area contributed by atoms with Gasteiger partial charge in [0, 0.05) is 26.1 Å². The van der Waals surface area contributed by atoms with Gasteiger partial charge in [-0.15, -0.1) is 0 Å². The molecule has 2 N–H and O–H groups in total. The third kappa shape index (κ3) is 4.26. The molecule has 146 valence electrons. The van der Waals surface area contributed by atoms with Crippen molar-refractivity contribution in [3.8, 4) is 0 Å². The van der Waals surface area contributed by atoms with E-state index in [0.29, 0.717) is 11.1 Å². The van der Waals surface area contributed by atoms with Gasteiger partial charge >= 0.3 is 0 Å². The summed E-state index contributed by atoms with van der Waals surface area (Å²) < 4.78 is 26.5. The number of hydrogen-bond donors (Lipinski definition) is 2. The number of nitrogens with one attached hydrogen (secondary N) is 2. The van der Waals surface area contributed by atoms with Crippen molar-refractivity contribution in [2.45, 2.75) is 11.3 Å². The molecular formula is C19H19N3O5S. The van der Waals surface area contributed by atoms with Gasteiger partial charge in [0.25, 0.3) is 11.8 Å². The highest BCUT2D eigenvalue weighted by atomic mass is 32.2. The predicted octanol–water partition coefficient (Wildman–Crippen LogP) is 0.767. The zero-order valence-electron chi connectivity index (χ0n) is 14.9. The van der Waals surface area contributed by atoms with Crippen LogP contribution >= 0.6 is 0 Å². The summed E-state index contributed by atoms with van der Waals surface area (Å²) in [5.74, 6) is -1.21. The Bertz CT molecular complexity index is 970. The molecule has 0 spiro atoms. The Kier molecular flexibility index (Phi) is 5.86. The number of carbonyl (C=O) groups excluding carboxylic acids is 3. The van der Waals surface area contributed by atoms with E-state index < -0.39 is 21.8 Å². The molecule has 0 aliphatic carbocycles. The second-order valence-corrected chi connectivity index (χ2v) is 7.89. The lowest BCUT2D eigenvalue weighted by Crippen LogP contribution is -2.37. The fraction of sp³-hybridized carbons (Fsp3) is 0.211. The largest absolute Gasteiger partial charge is 0.355 e. The number of fused-ring (bicyclic) bond motifs is 1. The average Bonchev–Trinajstić information content (AvgIpc) is 2.95. The summed E-state index contributed by atoms with van der Waals surface area (Å²) in [6.45, 7) is 0.0803. The summed E-state index contributed by atoms with van der Waals surface area (Å²) in [4.78, 5) is 37.6. The standard InChI is InChI=1S/C19H19N3O5S/c23-17(20-11-12-21-28(26,27)14-6-2-1-3-7-14)10-13-22-18(24)15-8-4-5-9-16(15)19(22)25/h1-9,21H,10-13H2,(H,20,23). The van der Waals surface area contributed by atoms with Gasteiger partial charge in [-0.1, -0.05) is 30.3 Å². The molecule has 0 radical (unpaired) electrons. The normalized spacial score (nSPS) is 13.5. The molecule has 1 aliphatic heterocycles. The first-order chi connectivity index (χ1) is 13.4. The van der Waals surface area contributed by atoms with Crippen molar-refractivity contribution in [3.63, 3.8) is 0 Å². The Morgan fingerprint density at radius 1 is 0.857 bits per heavy atom. The topological polar surface area (TPSA) is 113 Å². The lowest BCUT2D eigenvalue weighted by molar-refractivity contribution is -0.121. The third-order valence-electron chi connectivity index (χ3n) is 4.23. The molecule has 0 saturated heterocycles. The first kappa shape index (κ1) is 19.7. The molecule has 9 heteroatoms. The maximum Gasteiger partial charge on any atom is 0.261 e. The minimum Gasteiger partial charge on any atom is -0.355 e. The van der Waals surface area contributed by atoms with Gasteiger partial charge in [0.2, 0.25) is 15.9 Å². The summed E-state index contributed by atoms with van der Waals surface area (Å²) >= 11 is 0. The van der Waals surface area contributed by atoms with E-state index in [2.05, 4.69) is 10.0 Å². The van der Waals surface area contributed by atoms with Crippen LogP contribution in [0.4, 0.5) is 0 Å². The van der Waals surface area contributed by atoms with Gasteiger partial charge in [-0.2, -0.15) is 0 Å². The lowest BCUT2D eigenvalue weighted by atomic mass is 10.1. The van der Waals surface area contributed by atoms with E-state index in [1.807, 2.05) is 0 Å². The first-order valence-electron chi connectivity index (χ1n) is 8.67. The molecule has 3 amide bonds. The van der Waals surface area contributed by atoms with E-state index in [-0.39, 0.29) is 36.9 Å². The van der Waals surface area contributed by atoms with Gasteiger partial charge < -0.3 is 5.32 Å². The second-order valence-electron chi connectivity index (χ2n) is 6.12. The highest BCUT2D eigenvalue weighted by molar-refractivity contribution is 7.89. The van der Waals surface area contributed by atoms with Crippen LogP contribution in [0.1, 0.15) is 27.1 Å². The summed E-state index contributed by atoms with van der Waals surface area (Å²) in [7, 11) is -3.63. The van der Waals surface area contributed by atoms with E-state index in [1.54, 1.807) is 42.5 Å².